The predicted octanol–water partition coefficient (Wildman–Crippen LogP) is 3.09. The number of nitrogens with zero attached hydrogens (tertiary/aromatic N) is 1. The number of carbonyl (C=O) groups excluding carboxylic acids is 1. The molecule has 6 nitrogen and oxygen atoms in total. The third kappa shape index (κ3) is 3.56. The first-order valence-corrected chi connectivity index (χ1v) is 8.04. The number of para-hydroxylation sites is 1. The Balaban J connectivity index is 1.73. The molecule has 128 valence electrons. The molecule has 2 N–H and O–H groups in total. The van der Waals surface area contributed by atoms with Gasteiger partial charge in [-0.15, -0.1) is 0 Å². The molecule has 2 heterocycles. The van der Waals surface area contributed by atoms with Gasteiger partial charge in [0.25, 0.3) is 5.91 Å². The Morgan fingerprint density at radius 2 is 2.25 bits per heavy atom. The van der Waals surface area contributed by atoms with E-state index in [0.717, 1.165) is 31.7 Å². The largest absolute Gasteiger partial charge is 0.490 e. The standard InChI is InChI=1S/C17H20FN3O3/c1-2-24-16-12(4-3-5-13(16)18)17(22)19-15-10-14(20-21-15)11-6-8-23-9-7-11/h3-5,10-11H,2,6-9H2,1H3,(H2,19,20,21,22). The van der Waals surface area contributed by atoms with Crippen LogP contribution in [0.4, 0.5) is 10.2 Å². The van der Waals surface area contributed by atoms with Crippen LogP contribution in [0.15, 0.2) is 24.3 Å². The summed E-state index contributed by atoms with van der Waals surface area (Å²) in [6.45, 7) is 3.47. The highest BCUT2D eigenvalue weighted by Crippen LogP contribution is 2.27. The first-order valence-electron chi connectivity index (χ1n) is 8.04. The number of carbonyl (C=O) groups is 1. The number of ether oxygens (including phenoxy) is 2. The highest BCUT2D eigenvalue weighted by molar-refractivity contribution is 6.05. The molecule has 0 spiro atoms. The van der Waals surface area contributed by atoms with Gasteiger partial charge < -0.3 is 14.8 Å². The highest BCUT2D eigenvalue weighted by atomic mass is 19.1. The van der Waals surface area contributed by atoms with Crippen molar-refractivity contribution >= 4 is 11.7 Å². The van der Waals surface area contributed by atoms with Crippen LogP contribution in [0.3, 0.4) is 0 Å². The first-order chi connectivity index (χ1) is 11.7. The molecular formula is C17H20FN3O3. The molecule has 1 aromatic heterocycles. The van der Waals surface area contributed by atoms with Crippen molar-refractivity contribution in [3.63, 3.8) is 0 Å². The second kappa shape index (κ2) is 7.44. The first kappa shape index (κ1) is 16.4. The van der Waals surface area contributed by atoms with Gasteiger partial charge in [0.05, 0.1) is 12.2 Å². The van der Waals surface area contributed by atoms with Crippen molar-refractivity contribution in [2.24, 2.45) is 0 Å². The minimum absolute atomic E-state index is 0.0438. The minimum Gasteiger partial charge on any atom is -0.490 e. The van der Waals surface area contributed by atoms with Crippen molar-refractivity contribution < 1.29 is 18.7 Å². The van der Waals surface area contributed by atoms with Crippen molar-refractivity contribution in [2.75, 3.05) is 25.1 Å². The number of aromatic nitrogens is 2. The number of halogens is 1. The molecule has 0 aliphatic carbocycles. The Bertz CT molecular complexity index is 711. The molecule has 0 bridgehead atoms. The second-order valence-corrected chi connectivity index (χ2v) is 5.60. The van der Waals surface area contributed by atoms with Crippen molar-refractivity contribution in [1.29, 1.82) is 0 Å². The summed E-state index contributed by atoms with van der Waals surface area (Å²) >= 11 is 0. The van der Waals surface area contributed by atoms with Gasteiger partial charge in [0.15, 0.2) is 17.4 Å². The molecule has 1 aliphatic heterocycles. The number of aromatic amines is 1. The molecule has 7 heteroatoms. The Kier molecular flexibility index (Phi) is 5.10. The van der Waals surface area contributed by atoms with E-state index < -0.39 is 11.7 Å². The van der Waals surface area contributed by atoms with Crippen molar-refractivity contribution in [2.45, 2.75) is 25.7 Å². The summed E-state index contributed by atoms with van der Waals surface area (Å²) in [5, 5.41) is 9.76. The van der Waals surface area contributed by atoms with Gasteiger partial charge in [-0.05, 0) is 31.9 Å². The molecule has 0 saturated carbocycles. The topological polar surface area (TPSA) is 76.2 Å². The maximum Gasteiger partial charge on any atom is 0.260 e. The van der Waals surface area contributed by atoms with Crippen LogP contribution in [-0.2, 0) is 4.74 Å². The maximum absolute atomic E-state index is 13.8. The normalized spacial score (nSPS) is 15.2. The lowest BCUT2D eigenvalue weighted by atomic mass is 9.97. The van der Waals surface area contributed by atoms with Gasteiger partial charge in [-0.1, -0.05) is 6.07 Å². The molecule has 0 radical (unpaired) electrons. The summed E-state index contributed by atoms with van der Waals surface area (Å²) in [7, 11) is 0. The lowest BCUT2D eigenvalue weighted by molar-refractivity contribution is 0.0845. The van der Waals surface area contributed by atoms with Crippen LogP contribution in [0.1, 0.15) is 41.7 Å². The van der Waals surface area contributed by atoms with Gasteiger partial charge in [-0.25, -0.2) is 4.39 Å². The third-order valence-electron chi connectivity index (χ3n) is 4.00. The zero-order valence-corrected chi connectivity index (χ0v) is 13.5. The Labute approximate surface area is 139 Å². The number of hydrogen-bond acceptors (Lipinski definition) is 4. The van der Waals surface area contributed by atoms with Crippen molar-refractivity contribution in [3.05, 3.63) is 41.3 Å². The Morgan fingerprint density at radius 3 is 3.00 bits per heavy atom. The van der Waals surface area contributed by atoms with Crippen LogP contribution in [-0.4, -0.2) is 35.9 Å². The SMILES string of the molecule is CCOc1c(F)cccc1C(=O)Nc1cc(C2CCOCC2)[nH]n1. The average molecular weight is 333 g/mol. The van der Waals surface area contributed by atoms with Gasteiger partial charge in [0.1, 0.15) is 0 Å². The van der Waals surface area contributed by atoms with Crippen LogP contribution in [0.25, 0.3) is 0 Å². The smallest absolute Gasteiger partial charge is 0.260 e. The van der Waals surface area contributed by atoms with Gasteiger partial charge in [0.2, 0.25) is 0 Å². The quantitative estimate of drug-likeness (QED) is 0.881. The van der Waals surface area contributed by atoms with Crippen LogP contribution in [0, 0.1) is 5.82 Å². The van der Waals surface area contributed by atoms with Crippen molar-refractivity contribution in [1.82, 2.24) is 10.2 Å². The Morgan fingerprint density at radius 1 is 1.46 bits per heavy atom. The molecule has 2 aromatic rings. The average Bonchev–Trinajstić information content (AvgIpc) is 3.06. The fourth-order valence-corrected chi connectivity index (χ4v) is 2.78. The summed E-state index contributed by atoms with van der Waals surface area (Å²) in [4.78, 5) is 12.4. The molecule has 1 aliphatic rings. The van der Waals surface area contributed by atoms with Crippen LogP contribution in [0.5, 0.6) is 5.75 Å². The summed E-state index contributed by atoms with van der Waals surface area (Å²) < 4.78 is 24.4. The van der Waals surface area contributed by atoms with E-state index in [9.17, 15) is 9.18 Å². The van der Waals surface area contributed by atoms with E-state index in [1.807, 2.05) is 6.07 Å². The van der Waals surface area contributed by atoms with Gasteiger partial charge in [-0.2, -0.15) is 5.10 Å². The van der Waals surface area contributed by atoms with Gasteiger partial charge in [0, 0.05) is 30.9 Å². The van der Waals surface area contributed by atoms with E-state index in [0.29, 0.717) is 11.7 Å². The van der Waals surface area contributed by atoms with Gasteiger partial charge in [-0.3, -0.25) is 9.89 Å². The third-order valence-corrected chi connectivity index (χ3v) is 4.00. The summed E-state index contributed by atoms with van der Waals surface area (Å²) in [5.74, 6) is -0.298. The lowest BCUT2D eigenvalue weighted by Crippen LogP contribution is -2.15. The molecule has 1 aromatic carbocycles. The maximum atomic E-state index is 13.8. The number of rotatable bonds is 5. The van der Waals surface area contributed by atoms with Crippen LogP contribution in [0.2, 0.25) is 0 Å². The van der Waals surface area contributed by atoms with Gasteiger partial charge >= 0.3 is 0 Å². The van der Waals surface area contributed by atoms with E-state index >= 15 is 0 Å². The predicted molar refractivity (Wildman–Crippen MR) is 86.9 cm³/mol. The summed E-state index contributed by atoms with van der Waals surface area (Å²) in [6.07, 6.45) is 1.85. The molecular weight excluding hydrogens is 313 g/mol. The highest BCUT2D eigenvalue weighted by Gasteiger charge is 2.20. The second-order valence-electron chi connectivity index (χ2n) is 5.60. The molecule has 24 heavy (non-hydrogen) atoms. The number of anilines is 1. The van der Waals surface area contributed by atoms with E-state index in [2.05, 4.69) is 15.5 Å². The monoisotopic (exact) mass is 333 g/mol. The minimum atomic E-state index is -0.561. The zero-order chi connectivity index (χ0) is 16.9. The number of amides is 1. The van der Waals surface area contributed by atoms with E-state index in [-0.39, 0.29) is 17.9 Å². The van der Waals surface area contributed by atoms with E-state index in [1.165, 1.54) is 18.2 Å². The van der Waals surface area contributed by atoms with Crippen LogP contribution < -0.4 is 10.1 Å². The van der Waals surface area contributed by atoms with E-state index in [4.69, 9.17) is 9.47 Å². The fourth-order valence-electron chi connectivity index (χ4n) is 2.78. The number of hydrogen-bond donors (Lipinski definition) is 2. The fraction of sp³-hybridized carbons (Fsp3) is 0.412. The summed E-state index contributed by atoms with van der Waals surface area (Å²) in [6, 6.07) is 6.08. The Hall–Kier alpha value is -2.41. The molecule has 3 rings (SSSR count). The number of nitrogens with one attached hydrogen (secondary N) is 2. The van der Waals surface area contributed by atoms with E-state index in [1.54, 1.807) is 6.92 Å². The molecule has 0 unspecified atom stereocenters. The lowest BCUT2D eigenvalue weighted by Gasteiger charge is -2.20. The van der Waals surface area contributed by atoms with Crippen molar-refractivity contribution in [3.8, 4) is 5.75 Å². The summed E-state index contributed by atoms with van der Waals surface area (Å²) in [5.41, 5.74) is 1.12. The number of H-pyrrole nitrogens is 1. The molecule has 1 saturated heterocycles. The molecule has 1 amide bonds. The number of benzene rings is 1. The molecule has 1 fully saturated rings. The molecule has 0 atom stereocenters. The van der Waals surface area contributed by atoms with Crippen LogP contribution >= 0.6 is 0 Å². The zero-order valence-electron chi connectivity index (χ0n) is 13.5.